The van der Waals surface area contributed by atoms with Crippen molar-refractivity contribution in [1.82, 2.24) is 0 Å². The number of carboxylic acids is 1. The van der Waals surface area contributed by atoms with Crippen LogP contribution in [0.5, 0.6) is 0 Å². The van der Waals surface area contributed by atoms with Crippen LogP contribution in [0.15, 0.2) is 30.3 Å². The molecule has 88 valence electrons. The highest BCUT2D eigenvalue weighted by molar-refractivity contribution is 5.73. The lowest BCUT2D eigenvalue weighted by atomic mass is 9.92. The Morgan fingerprint density at radius 3 is 2.44 bits per heavy atom. The van der Waals surface area contributed by atoms with E-state index in [4.69, 9.17) is 10.8 Å². The Hall–Kier alpha value is -1.39. The van der Waals surface area contributed by atoms with Crippen molar-refractivity contribution in [3.05, 3.63) is 35.9 Å². The summed E-state index contributed by atoms with van der Waals surface area (Å²) in [4.78, 5) is 10.6. The van der Waals surface area contributed by atoms with E-state index < -0.39 is 18.1 Å². The molecule has 4 N–H and O–H groups in total. The Kier molecular flexibility index (Phi) is 4.46. The zero-order valence-corrected chi connectivity index (χ0v) is 9.21. The van der Waals surface area contributed by atoms with Gasteiger partial charge in [0.25, 0.3) is 0 Å². The quantitative estimate of drug-likeness (QED) is 0.694. The Morgan fingerprint density at radius 1 is 1.38 bits per heavy atom. The number of hydrogen-bond donors (Lipinski definition) is 3. The summed E-state index contributed by atoms with van der Waals surface area (Å²) in [5.41, 5.74) is 6.41. The molecule has 4 nitrogen and oxygen atoms in total. The van der Waals surface area contributed by atoms with Crippen molar-refractivity contribution >= 4 is 5.97 Å². The zero-order chi connectivity index (χ0) is 12.1. The molecule has 0 spiro atoms. The van der Waals surface area contributed by atoms with E-state index in [0.717, 1.165) is 5.56 Å². The monoisotopic (exact) mass is 223 g/mol. The fourth-order valence-electron chi connectivity index (χ4n) is 1.59. The number of carbonyl (C=O) groups is 1. The first-order valence-electron chi connectivity index (χ1n) is 5.23. The minimum Gasteiger partial charge on any atom is -0.480 e. The molecule has 1 rings (SSSR count). The van der Waals surface area contributed by atoms with Gasteiger partial charge in [-0.15, -0.1) is 0 Å². The van der Waals surface area contributed by atoms with Gasteiger partial charge in [-0.2, -0.15) is 0 Å². The highest BCUT2D eigenvalue weighted by Crippen LogP contribution is 2.20. The molecule has 16 heavy (non-hydrogen) atoms. The minimum absolute atomic E-state index is 0.0848. The summed E-state index contributed by atoms with van der Waals surface area (Å²) in [6, 6.07) is 8.42. The van der Waals surface area contributed by atoms with Gasteiger partial charge in [0.2, 0.25) is 0 Å². The first-order valence-corrected chi connectivity index (χ1v) is 5.23. The maximum Gasteiger partial charge on any atom is 0.323 e. The van der Waals surface area contributed by atoms with Gasteiger partial charge in [0, 0.05) is 0 Å². The number of hydrogen-bond acceptors (Lipinski definition) is 3. The van der Waals surface area contributed by atoms with E-state index in [1.54, 1.807) is 0 Å². The second kappa shape index (κ2) is 5.63. The fourth-order valence-corrected chi connectivity index (χ4v) is 1.59. The predicted octanol–water partition coefficient (Wildman–Crippen LogP) is 0.953. The smallest absolute Gasteiger partial charge is 0.323 e. The lowest BCUT2D eigenvalue weighted by Crippen LogP contribution is -2.42. The van der Waals surface area contributed by atoms with Crippen LogP contribution in [0.1, 0.15) is 24.8 Å². The summed E-state index contributed by atoms with van der Waals surface area (Å²) < 4.78 is 0. The number of aliphatic hydroxyl groups is 1. The van der Waals surface area contributed by atoms with Crippen LogP contribution >= 0.6 is 0 Å². The molecule has 0 radical (unpaired) electrons. The van der Waals surface area contributed by atoms with Gasteiger partial charge < -0.3 is 15.9 Å². The lowest BCUT2D eigenvalue weighted by molar-refractivity contribution is -0.141. The van der Waals surface area contributed by atoms with Crippen LogP contribution in [0.25, 0.3) is 0 Å². The molecule has 1 aromatic rings. The van der Waals surface area contributed by atoms with Crippen molar-refractivity contribution < 1.29 is 15.0 Å². The fraction of sp³-hybridized carbons (Fsp3) is 0.417. The molecule has 1 aromatic carbocycles. The Bertz CT molecular complexity index is 339. The minimum atomic E-state index is -1.22. The van der Waals surface area contributed by atoms with E-state index in [2.05, 4.69) is 0 Å². The van der Waals surface area contributed by atoms with Crippen LogP contribution < -0.4 is 5.73 Å². The van der Waals surface area contributed by atoms with Gasteiger partial charge in [-0.25, -0.2) is 0 Å². The van der Waals surface area contributed by atoms with Crippen molar-refractivity contribution in [3.8, 4) is 0 Å². The first kappa shape index (κ1) is 12.7. The molecule has 0 aliphatic heterocycles. The van der Waals surface area contributed by atoms with Crippen molar-refractivity contribution in [3.63, 3.8) is 0 Å². The van der Waals surface area contributed by atoms with Gasteiger partial charge in [0.15, 0.2) is 0 Å². The molecule has 0 saturated carbocycles. The zero-order valence-electron chi connectivity index (χ0n) is 9.21. The summed E-state index contributed by atoms with van der Waals surface area (Å²) in [6.45, 7) is 1.94. The first-order chi connectivity index (χ1) is 7.52. The summed E-state index contributed by atoms with van der Waals surface area (Å²) in [5.74, 6) is -1.09. The Morgan fingerprint density at radius 2 is 1.94 bits per heavy atom. The summed E-state index contributed by atoms with van der Waals surface area (Å²) in [5, 5.41) is 18.3. The number of aliphatic carboxylic acids is 1. The molecule has 0 saturated heterocycles. The number of nitrogens with two attached hydrogens (primary N) is 1. The van der Waals surface area contributed by atoms with Crippen LogP contribution in [-0.4, -0.2) is 28.3 Å². The normalized spacial score (nSPS) is 16.4. The van der Waals surface area contributed by atoms with Crippen LogP contribution in [-0.2, 0) is 4.79 Å². The lowest BCUT2D eigenvalue weighted by Gasteiger charge is -2.19. The molecule has 0 fully saturated rings. The molecule has 0 heterocycles. The number of benzene rings is 1. The van der Waals surface area contributed by atoms with Gasteiger partial charge in [-0.3, -0.25) is 4.79 Å². The SMILES string of the molecule is CC(CC(O)C(N)C(=O)O)c1ccccc1. The van der Waals surface area contributed by atoms with Gasteiger partial charge in [-0.05, 0) is 17.9 Å². The Labute approximate surface area is 94.7 Å². The third-order valence-corrected chi connectivity index (χ3v) is 2.66. The summed E-state index contributed by atoms with van der Waals surface area (Å²) in [6.07, 6.45) is -0.676. The second-order valence-corrected chi connectivity index (χ2v) is 3.98. The van der Waals surface area contributed by atoms with Crippen LogP contribution in [0.4, 0.5) is 0 Å². The van der Waals surface area contributed by atoms with E-state index >= 15 is 0 Å². The molecule has 0 aliphatic carbocycles. The van der Waals surface area contributed by atoms with E-state index in [1.165, 1.54) is 0 Å². The van der Waals surface area contributed by atoms with Gasteiger partial charge >= 0.3 is 5.97 Å². The summed E-state index contributed by atoms with van der Waals surface area (Å²) in [7, 11) is 0. The van der Waals surface area contributed by atoms with Crippen LogP contribution in [0.2, 0.25) is 0 Å². The summed E-state index contributed by atoms with van der Waals surface area (Å²) >= 11 is 0. The van der Waals surface area contributed by atoms with Crippen molar-refractivity contribution in [2.75, 3.05) is 0 Å². The van der Waals surface area contributed by atoms with Gasteiger partial charge in [-0.1, -0.05) is 37.3 Å². The second-order valence-electron chi connectivity index (χ2n) is 3.98. The highest BCUT2D eigenvalue weighted by atomic mass is 16.4. The molecule has 0 aromatic heterocycles. The average molecular weight is 223 g/mol. The maximum absolute atomic E-state index is 10.6. The number of rotatable bonds is 5. The van der Waals surface area contributed by atoms with Crippen LogP contribution in [0.3, 0.4) is 0 Å². The average Bonchev–Trinajstić information content (AvgIpc) is 2.28. The third kappa shape index (κ3) is 3.32. The van der Waals surface area contributed by atoms with Crippen molar-refractivity contribution in [1.29, 1.82) is 0 Å². The van der Waals surface area contributed by atoms with Gasteiger partial charge in [0.05, 0.1) is 6.10 Å². The third-order valence-electron chi connectivity index (χ3n) is 2.66. The molecule has 3 atom stereocenters. The number of carboxylic acid groups (broad SMARTS) is 1. The molecular weight excluding hydrogens is 206 g/mol. The molecule has 0 bridgehead atoms. The van der Waals surface area contributed by atoms with E-state index in [-0.39, 0.29) is 5.92 Å². The van der Waals surface area contributed by atoms with Crippen molar-refractivity contribution in [2.24, 2.45) is 5.73 Å². The molecule has 0 amide bonds. The largest absolute Gasteiger partial charge is 0.480 e. The topological polar surface area (TPSA) is 83.5 Å². The van der Waals surface area contributed by atoms with E-state index in [9.17, 15) is 9.90 Å². The van der Waals surface area contributed by atoms with Crippen molar-refractivity contribution in [2.45, 2.75) is 31.4 Å². The standard InChI is InChI=1S/C12H17NO3/c1-8(9-5-3-2-4-6-9)7-10(14)11(13)12(15)16/h2-6,8,10-11,14H,7,13H2,1H3,(H,15,16). The molecule has 4 heteroatoms. The molecular formula is C12H17NO3. The Balaban J connectivity index is 2.58. The molecule has 3 unspecified atom stereocenters. The van der Waals surface area contributed by atoms with E-state index in [0.29, 0.717) is 6.42 Å². The van der Waals surface area contributed by atoms with Crippen LogP contribution in [0, 0.1) is 0 Å². The van der Waals surface area contributed by atoms with E-state index in [1.807, 2.05) is 37.3 Å². The predicted molar refractivity (Wildman–Crippen MR) is 61.1 cm³/mol. The molecule has 0 aliphatic rings. The number of aliphatic hydroxyl groups excluding tert-OH is 1. The maximum atomic E-state index is 10.6. The van der Waals surface area contributed by atoms with Gasteiger partial charge in [0.1, 0.15) is 6.04 Å². The highest BCUT2D eigenvalue weighted by Gasteiger charge is 2.23.